The molecule has 3 aliphatic rings. The molecule has 0 saturated carbocycles. The van der Waals surface area contributed by atoms with Crippen LogP contribution in [0.5, 0.6) is 11.5 Å². The van der Waals surface area contributed by atoms with Crippen molar-refractivity contribution in [2.75, 3.05) is 113 Å². The van der Waals surface area contributed by atoms with Gasteiger partial charge in [0.25, 0.3) is 0 Å². The van der Waals surface area contributed by atoms with Crippen molar-refractivity contribution in [2.24, 2.45) is 53.3 Å². The van der Waals surface area contributed by atoms with Crippen LogP contribution in [0.15, 0.2) is 78.9 Å². The molecule has 30 nitrogen and oxygen atoms in total. The third-order valence-corrected chi connectivity index (χ3v) is 28.3. The van der Waals surface area contributed by atoms with Gasteiger partial charge in [-0.15, -0.1) is 0 Å². The number of carbonyl (C=O) groups is 11. The van der Waals surface area contributed by atoms with Gasteiger partial charge >= 0.3 is 17.9 Å². The molecule has 7 unspecified atom stereocenters. The van der Waals surface area contributed by atoms with Crippen LogP contribution in [-0.2, 0) is 120 Å². The maximum atomic E-state index is 14.3. The Bertz CT molecular complexity index is 3760. The zero-order valence-corrected chi connectivity index (χ0v) is 87.0. The van der Waals surface area contributed by atoms with Gasteiger partial charge in [-0.05, 0) is 173 Å². The molecule has 6 rings (SSSR count). The molecule has 3 fully saturated rings. The lowest BCUT2D eigenvalue weighted by atomic mass is 9.79. The third-order valence-electron chi connectivity index (χ3n) is 28.3. The van der Waals surface area contributed by atoms with Crippen LogP contribution in [0.3, 0.4) is 0 Å². The van der Waals surface area contributed by atoms with E-state index in [2.05, 4.69) is 78.3 Å². The van der Waals surface area contributed by atoms with Crippen LogP contribution < -0.4 is 25.4 Å². The molecule has 0 aromatic heterocycles. The predicted octanol–water partition coefficient (Wildman–Crippen LogP) is 17.3. The second kappa shape index (κ2) is 68.3. The van der Waals surface area contributed by atoms with Gasteiger partial charge in [-0.1, -0.05) is 155 Å². The summed E-state index contributed by atoms with van der Waals surface area (Å²) in [6.45, 7) is 25.1. The van der Waals surface area contributed by atoms with E-state index in [0.29, 0.717) is 210 Å². The number of aliphatic hydroxyl groups excluding tert-OH is 1. The molecule has 0 bridgehead atoms. The number of amides is 3. The van der Waals surface area contributed by atoms with Gasteiger partial charge in [0, 0.05) is 155 Å². The minimum absolute atomic E-state index is 0.0160. The summed E-state index contributed by atoms with van der Waals surface area (Å²) in [7, 11) is 3.23. The summed E-state index contributed by atoms with van der Waals surface area (Å²) < 4.78 is 89.7. The fourth-order valence-electron chi connectivity index (χ4n) is 18.2. The Morgan fingerprint density at radius 2 is 0.650 bits per heavy atom. The van der Waals surface area contributed by atoms with Crippen molar-refractivity contribution in [3.63, 3.8) is 0 Å². The highest BCUT2D eigenvalue weighted by molar-refractivity contribution is 5.81. The van der Waals surface area contributed by atoms with E-state index in [0.717, 1.165) is 42.4 Å². The number of rotatable bonds is 77. The first-order chi connectivity index (χ1) is 67.3. The molecule has 0 aliphatic carbocycles. The highest BCUT2D eigenvalue weighted by atomic mass is 16.7. The molecule has 3 aromatic rings. The van der Waals surface area contributed by atoms with Crippen LogP contribution in [0.2, 0.25) is 0 Å². The summed E-state index contributed by atoms with van der Waals surface area (Å²) in [6, 6.07) is 25.3. The van der Waals surface area contributed by atoms with Crippen molar-refractivity contribution in [1.82, 2.24) is 16.0 Å². The number of nitrogens with one attached hydrogen (secondary N) is 3. The number of benzene rings is 3. The van der Waals surface area contributed by atoms with Crippen LogP contribution in [0.25, 0.3) is 0 Å². The van der Waals surface area contributed by atoms with Gasteiger partial charge in [0.05, 0.1) is 84.9 Å². The Morgan fingerprint density at radius 3 is 1.02 bits per heavy atom. The molecule has 3 heterocycles. The van der Waals surface area contributed by atoms with E-state index in [9.17, 15) is 57.8 Å². The monoisotopic (exact) mass is 1970 g/mol. The predicted molar refractivity (Wildman–Crippen MR) is 532 cm³/mol. The maximum absolute atomic E-state index is 14.3. The maximum Gasteiger partial charge on any atom is 0.302 e. The second-order valence-corrected chi connectivity index (χ2v) is 39.3. The summed E-state index contributed by atoms with van der Waals surface area (Å²) in [5, 5.41) is 20.2. The minimum Gasteiger partial charge on any atom is -0.497 e. The number of Topliss-reactive ketones (excluding diaryl/α,β-unsaturated/α-hetero) is 5. The highest BCUT2D eigenvalue weighted by Gasteiger charge is 2.45. The van der Waals surface area contributed by atoms with Crippen LogP contribution >= 0.6 is 0 Å². The normalized spacial score (nSPS) is 22.0. The van der Waals surface area contributed by atoms with Crippen molar-refractivity contribution < 1.29 is 129 Å². The van der Waals surface area contributed by atoms with E-state index < -0.39 is 36.1 Å². The van der Waals surface area contributed by atoms with Crippen molar-refractivity contribution in [3.8, 4) is 11.5 Å². The summed E-state index contributed by atoms with van der Waals surface area (Å²) in [6.07, 6.45) is 14.3. The number of aliphatic hydroxyl groups is 1. The molecular formula is C110H173N3O27. The van der Waals surface area contributed by atoms with Crippen LogP contribution in [-0.4, -0.2) is 232 Å². The summed E-state index contributed by atoms with van der Waals surface area (Å²) in [5.74, 6) is 1.84. The Kier molecular flexibility index (Phi) is 58.9. The molecule has 16 atom stereocenters. The van der Waals surface area contributed by atoms with Crippen molar-refractivity contribution >= 4 is 64.5 Å². The number of unbranched alkanes of at least 4 members (excludes halogenated alkanes) is 13. The Balaban J connectivity index is 0.996. The summed E-state index contributed by atoms with van der Waals surface area (Å²) >= 11 is 0. The van der Waals surface area contributed by atoms with Crippen molar-refractivity contribution in [3.05, 3.63) is 95.6 Å². The lowest BCUT2D eigenvalue weighted by molar-refractivity contribution is -0.255. The number of carbonyl (C=O) groups excluding carboxylic acids is 11. The van der Waals surface area contributed by atoms with E-state index in [1.807, 2.05) is 78.9 Å². The minimum atomic E-state index is -1.34. The molecule has 30 heteroatoms. The quantitative estimate of drug-likeness (QED) is 0.0176. The number of methoxy groups -OCH3 is 2. The average molecular weight is 1970 g/mol. The number of hydrogen-bond acceptors (Lipinski definition) is 27. The van der Waals surface area contributed by atoms with Crippen LogP contribution in [0.1, 0.15) is 318 Å². The average Bonchev–Trinajstić information content (AvgIpc) is 0.737. The van der Waals surface area contributed by atoms with Crippen LogP contribution in [0, 0.1) is 53.3 Å². The third kappa shape index (κ3) is 45.9. The lowest BCUT2D eigenvalue weighted by Crippen LogP contribution is -2.58. The zero-order valence-electron chi connectivity index (χ0n) is 87.0. The Hall–Kier alpha value is -8.01. The van der Waals surface area contributed by atoms with Gasteiger partial charge in [-0.3, -0.25) is 52.7 Å². The van der Waals surface area contributed by atoms with Crippen molar-refractivity contribution in [1.29, 1.82) is 0 Å². The van der Waals surface area contributed by atoms with Gasteiger partial charge in [0.2, 0.25) is 17.7 Å². The Morgan fingerprint density at radius 1 is 0.336 bits per heavy atom. The first-order valence-corrected chi connectivity index (χ1v) is 52.3. The highest BCUT2D eigenvalue weighted by Crippen LogP contribution is 2.44. The number of esters is 3. The van der Waals surface area contributed by atoms with Gasteiger partial charge < -0.3 is 92.1 Å². The standard InChI is InChI=1S/C110H173N3O27/c1-77-80(4)100(71-134-86(10)114)138-106(83(77)7)131-63-35-31-45-92(117)40-24-20-26-42-95(120)58-66-128-74-109(75-129-67-59-96(121)43-27-21-25-41-93(118)46-32-36-64-132-107-84(8)78(2)81(5)101(139-107)72-135-87(11)115,76-130-68-61-104(124)111-62-34-30-44-94(119)47-33-37-65-133-108-85(9)79(3)82(6)102(140-108)73-136-88(12)116)113-105(125)49-29-18-16-15-17-28-48-103(123)112-70-97(122)60-69-137-110(89-38-22-19-23-39-89,90-50-54-98(126-13)55-51-90)91-52-56-99(127-14)57-53-91/h19,22-23,38-39,50-57,77-85,97,100-102,106-108,122H,15-18,20-21,24-37,40-49,58-76H2,1-14H3,(H,111,124)(H,112,123)(H,113,125)/t77-,78-,79-,80+,81+,82+,83?,84?,85?,97?,100?,101?,102?,106+,107+,108+,109?/m0/s1. The summed E-state index contributed by atoms with van der Waals surface area (Å²) in [4.78, 5) is 141. The number of ketones is 5. The Labute approximate surface area is 834 Å². The smallest absolute Gasteiger partial charge is 0.302 e. The largest absolute Gasteiger partial charge is 0.497 e. The number of ether oxygens (including phenoxy) is 15. The number of hydrogen-bond donors (Lipinski definition) is 4. The van der Waals surface area contributed by atoms with Gasteiger partial charge in [-0.2, -0.15) is 0 Å². The molecule has 0 radical (unpaired) electrons. The molecule has 3 aliphatic heterocycles. The molecular weight excluding hydrogens is 1800 g/mol. The lowest BCUT2D eigenvalue weighted by Gasteiger charge is -2.43. The van der Waals surface area contributed by atoms with Crippen molar-refractivity contribution in [2.45, 2.75) is 356 Å². The van der Waals surface area contributed by atoms with Crippen LogP contribution in [0.4, 0.5) is 0 Å². The first-order valence-electron chi connectivity index (χ1n) is 52.3. The molecule has 3 aromatic carbocycles. The first kappa shape index (κ1) is 121. The molecule has 140 heavy (non-hydrogen) atoms. The summed E-state index contributed by atoms with van der Waals surface area (Å²) in [5.41, 5.74) is 0.208. The molecule has 3 saturated heterocycles. The second-order valence-electron chi connectivity index (χ2n) is 39.3. The van der Waals surface area contributed by atoms with E-state index >= 15 is 0 Å². The molecule has 3 amide bonds. The van der Waals surface area contributed by atoms with E-state index in [4.69, 9.17) is 71.1 Å². The fraction of sp³-hybridized carbons (Fsp3) is 0.736. The van der Waals surface area contributed by atoms with Gasteiger partial charge in [0.1, 0.15) is 71.4 Å². The molecule has 0 spiro atoms. The molecule has 4 N–H and O–H groups in total. The van der Waals surface area contributed by atoms with E-state index in [-0.39, 0.29) is 230 Å². The zero-order chi connectivity index (χ0) is 102. The topological polar surface area (TPSA) is 383 Å². The van der Waals surface area contributed by atoms with Gasteiger partial charge in [0.15, 0.2) is 18.9 Å². The van der Waals surface area contributed by atoms with E-state index in [1.165, 1.54) is 20.8 Å². The molecule has 790 valence electrons. The fourth-order valence-corrected chi connectivity index (χ4v) is 18.2. The van der Waals surface area contributed by atoms with E-state index in [1.54, 1.807) is 14.2 Å². The van der Waals surface area contributed by atoms with Gasteiger partial charge in [-0.25, -0.2) is 0 Å². The SMILES string of the molecule is COc1ccc(C(OCCC(O)CNC(=O)CCCCCCCCC(=O)NC(COCCC(=O)CCCCCC(=O)CCCCO[C@@H]2OC(COC(C)=O)[C@H](C)[C@H](C)C2C)(COCCC(=O)CCCCCC(=O)CCCCO[C@@H]2OC(COC(C)=O)[C@H](C)[C@H](C)C2C)COCCC(=O)NCCCCC(=O)CCCCO[C@@H]2OC(COC(C)=O)[C@H](C)[C@H](C)C2C)(c2ccccc2)c2ccc(OC)cc2)cc1.